The van der Waals surface area contributed by atoms with E-state index in [0.29, 0.717) is 6.04 Å². The standard InChI is InChI=1S/C10H11N3/c11-5-8-1-3-9(4-2-8)10-6-12-7-13-10/h1-4,10,12-13H,6-7H2. The molecule has 0 radical (unpaired) electrons. The lowest BCUT2D eigenvalue weighted by Crippen LogP contribution is -2.14. The van der Waals surface area contributed by atoms with E-state index in [1.807, 2.05) is 24.3 Å². The molecular weight excluding hydrogens is 162 g/mol. The summed E-state index contributed by atoms with van der Waals surface area (Å²) in [5.74, 6) is 0. The number of hydrogen-bond donors (Lipinski definition) is 2. The van der Waals surface area contributed by atoms with Gasteiger partial charge < -0.3 is 5.32 Å². The fourth-order valence-electron chi connectivity index (χ4n) is 1.51. The van der Waals surface area contributed by atoms with Gasteiger partial charge in [-0.15, -0.1) is 0 Å². The zero-order chi connectivity index (χ0) is 9.10. The highest BCUT2D eigenvalue weighted by Crippen LogP contribution is 2.14. The first-order valence-corrected chi connectivity index (χ1v) is 4.34. The van der Waals surface area contributed by atoms with Crippen LogP contribution in [0.1, 0.15) is 17.2 Å². The maximum absolute atomic E-state index is 8.62. The highest BCUT2D eigenvalue weighted by molar-refractivity contribution is 5.33. The molecule has 0 saturated carbocycles. The summed E-state index contributed by atoms with van der Waals surface area (Å²) in [6.07, 6.45) is 0. The first-order valence-electron chi connectivity index (χ1n) is 4.34. The van der Waals surface area contributed by atoms with Crippen LogP contribution in [-0.4, -0.2) is 13.2 Å². The normalized spacial score (nSPS) is 21.3. The van der Waals surface area contributed by atoms with E-state index in [9.17, 15) is 0 Å². The quantitative estimate of drug-likeness (QED) is 0.658. The van der Waals surface area contributed by atoms with Crippen molar-refractivity contribution in [2.45, 2.75) is 6.04 Å². The molecule has 0 amide bonds. The molecular formula is C10H11N3. The second kappa shape index (κ2) is 3.56. The third kappa shape index (κ3) is 1.69. The smallest absolute Gasteiger partial charge is 0.0991 e. The van der Waals surface area contributed by atoms with Gasteiger partial charge in [0, 0.05) is 19.3 Å². The molecule has 1 atom stereocenters. The Balaban J connectivity index is 2.18. The van der Waals surface area contributed by atoms with E-state index in [1.54, 1.807) is 0 Å². The number of rotatable bonds is 1. The molecule has 1 fully saturated rings. The van der Waals surface area contributed by atoms with Crippen LogP contribution in [0.25, 0.3) is 0 Å². The third-order valence-electron chi connectivity index (χ3n) is 2.26. The van der Waals surface area contributed by atoms with Gasteiger partial charge in [0.1, 0.15) is 0 Å². The van der Waals surface area contributed by atoms with Gasteiger partial charge in [-0.3, -0.25) is 5.32 Å². The Morgan fingerprint density at radius 3 is 2.62 bits per heavy atom. The second-order valence-electron chi connectivity index (χ2n) is 3.12. The van der Waals surface area contributed by atoms with E-state index in [2.05, 4.69) is 16.7 Å². The van der Waals surface area contributed by atoms with Crippen molar-refractivity contribution in [3.8, 4) is 6.07 Å². The van der Waals surface area contributed by atoms with E-state index in [1.165, 1.54) is 5.56 Å². The minimum Gasteiger partial charge on any atom is -0.303 e. The number of nitrogens with zero attached hydrogens (tertiary/aromatic N) is 1. The van der Waals surface area contributed by atoms with Crippen molar-refractivity contribution in [1.29, 1.82) is 5.26 Å². The number of nitrogens with one attached hydrogen (secondary N) is 2. The lowest BCUT2D eigenvalue weighted by atomic mass is 10.1. The first-order chi connectivity index (χ1) is 6.40. The zero-order valence-electron chi connectivity index (χ0n) is 7.25. The van der Waals surface area contributed by atoms with Gasteiger partial charge in [0.05, 0.1) is 11.6 Å². The van der Waals surface area contributed by atoms with Gasteiger partial charge in [-0.05, 0) is 17.7 Å². The van der Waals surface area contributed by atoms with E-state index in [-0.39, 0.29) is 0 Å². The van der Waals surface area contributed by atoms with Crippen molar-refractivity contribution in [3.05, 3.63) is 35.4 Å². The van der Waals surface area contributed by atoms with Crippen LogP contribution in [0.15, 0.2) is 24.3 Å². The van der Waals surface area contributed by atoms with Gasteiger partial charge in [0.15, 0.2) is 0 Å². The van der Waals surface area contributed by atoms with Crippen LogP contribution in [0, 0.1) is 11.3 Å². The van der Waals surface area contributed by atoms with Crippen molar-refractivity contribution < 1.29 is 0 Å². The summed E-state index contributed by atoms with van der Waals surface area (Å²) in [5, 5.41) is 15.2. The maximum atomic E-state index is 8.62. The number of benzene rings is 1. The summed E-state index contributed by atoms with van der Waals surface area (Å²) in [6, 6.07) is 10.2. The Hall–Kier alpha value is -1.37. The second-order valence-corrected chi connectivity index (χ2v) is 3.12. The molecule has 0 spiro atoms. The van der Waals surface area contributed by atoms with Crippen LogP contribution in [-0.2, 0) is 0 Å². The van der Waals surface area contributed by atoms with Crippen molar-refractivity contribution in [3.63, 3.8) is 0 Å². The van der Waals surface area contributed by atoms with E-state index >= 15 is 0 Å². The fourth-order valence-corrected chi connectivity index (χ4v) is 1.51. The average molecular weight is 173 g/mol. The van der Waals surface area contributed by atoms with Gasteiger partial charge in [0.25, 0.3) is 0 Å². The van der Waals surface area contributed by atoms with Crippen LogP contribution < -0.4 is 10.6 Å². The summed E-state index contributed by atoms with van der Waals surface area (Å²) in [7, 11) is 0. The third-order valence-corrected chi connectivity index (χ3v) is 2.26. The van der Waals surface area contributed by atoms with Gasteiger partial charge >= 0.3 is 0 Å². The lowest BCUT2D eigenvalue weighted by Gasteiger charge is -2.08. The monoisotopic (exact) mass is 173 g/mol. The van der Waals surface area contributed by atoms with Crippen molar-refractivity contribution >= 4 is 0 Å². The summed E-state index contributed by atoms with van der Waals surface area (Å²) in [5.41, 5.74) is 1.96. The molecule has 2 N–H and O–H groups in total. The van der Waals surface area contributed by atoms with Crippen LogP contribution >= 0.6 is 0 Å². The topological polar surface area (TPSA) is 47.9 Å². The highest BCUT2D eigenvalue weighted by Gasteiger charge is 2.14. The highest BCUT2D eigenvalue weighted by atomic mass is 15.2. The lowest BCUT2D eigenvalue weighted by molar-refractivity contribution is 0.676. The molecule has 1 saturated heterocycles. The Labute approximate surface area is 77.4 Å². The van der Waals surface area contributed by atoms with E-state index in [0.717, 1.165) is 18.8 Å². The number of nitriles is 1. The molecule has 1 aromatic carbocycles. The molecule has 1 aliphatic heterocycles. The molecule has 3 heteroatoms. The van der Waals surface area contributed by atoms with Crippen molar-refractivity contribution in [2.24, 2.45) is 0 Å². The van der Waals surface area contributed by atoms with Crippen molar-refractivity contribution in [1.82, 2.24) is 10.6 Å². The summed E-state index contributed by atoms with van der Waals surface area (Å²) < 4.78 is 0. The SMILES string of the molecule is N#Cc1ccc(C2CNCN2)cc1. The Kier molecular flexibility index (Phi) is 2.26. The van der Waals surface area contributed by atoms with E-state index in [4.69, 9.17) is 5.26 Å². The molecule has 2 rings (SSSR count). The molecule has 1 aliphatic rings. The Bertz CT molecular complexity index is 317. The average Bonchev–Trinajstić information content (AvgIpc) is 2.71. The Morgan fingerprint density at radius 2 is 2.08 bits per heavy atom. The predicted molar refractivity (Wildman–Crippen MR) is 49.9 cm³/mol. The molecule has 1 aromatic rings. The minimum absolute atomic E-state index is 0.396. The van der Waals surface area contributed by atoms with Crippen LogP contribution in [0.2, 0.25) is 0 Å². The predicted octanol–water partition coefficient (Wildman–Crippen LogP) is 0.750. The molecule has 3 nitrogen and oxygen atoms in total. The fraction of sp³-hybridized carbons (Fsp3) is 0.300. The first kappa shape index (κ1) is 8.24. The molecule has 0 aliphatic carbocycles. The molecule has 1 unspecified atom stereocenters. The van der Waals surface area contributed by atoms with Gasteiger partial charge in [-0.25, -0.2) is 0 Å². The van der Waals surface area contributed by atoms with Crippen LogP contribution in [0.4, 0.5) is 0 Å². The minimum atomic E-state index is 0.396. The molecule has 0 aromatic heterocycles. The van der Waals surface area contributed by atoms with E-state index < -0.39 is 0 Å². The number of hydrogen-bond acceptors (Lipinski definition) is 3. The molecule has 13 heavy (non-hydrogen) atoms. The molecule has 1 heterocycles. The van der Waals surface area contributed by atoms with Gasteiger partial charge in [-0.2, -0.15) is 5.26 Å². The Morgan fingerprint density at radius 1 is 1.31 bits per heavy atom. The summed E-state index contributed by atoms with van der Waals surface area (Å²) in [6.45, 7) is 1.83. The van der Waals surface area contributed by atoms with Crippen molar-refractivity contribution in [2.75, 3.05) is 13.2 Å². The zero-order valence-corrected chi connectivity index (χ0v) is 7.25. The van der Waals surface area contributed by atoms with Crippen LogP contribution in [0.3, 0.4) is 0 Å². The largest absolute Gasteiger partial charge is 0.303 e. The summed E-state index contributed by atoms with van der Waals surface area (Å²) in [4.78, 5) is 0. The van der Waals surface area contributed by atoms with Gasteiger partial charge in [0.2, 0.25) is 0 Å². The summed E-state index contributed by atoms with van der Waals surface area (Å²) >= 11 is 0. The van der Waals surface area contributed by atoms with Gasteiger partial charge in [-0.1, -0.05) is 12.1 Å². The van der Waals surface area contributed by atoms with Crippen LogP contribution in [0.5, 0.6) is 0 Å². The molecule has 66 valence electrons. The maximum Gasteiger partial charge on any atom is 0.0991 e. The molecule has 0 bridgehead atoms.